The van der Waals surface area contributed by atoms with Crippen LogP contribution in [-0.4, -0.2) is 49.1 Å². The topological polar surface area (TPSA) is 67.9 Å². The number of hydrogen-bond donors (Lipinski definition) is 1. The third kappa shape index (κ3) is 5.01. The predicted molar refractivity (Wildman–Crippen MR) is 104 cm³/mol. The highest BCUT2D eigenvalue weighted by Crippen LogP contribution is 2.32. The molecule has 1 aromatic rings. The fourth-order valence-electron chi connectivity index (χ4n) is 3.91. The number of nitrogens with zero attached hydrogens (tertiary/aromatic N) is 1. The number of ether oxygens (including phenoxy) is 2. The van der Waals surface area contributed by atoms with Crippen molar-refractivity contribution in [1.29, 1.82) is 0 Å². The normalized spacial score (nSPS) is 19.4. The van der Waals surface area contributed by atoms with Crippen molar-refractivity contribution in [2.45, 2.75) is 57.0 Å². The van der Waals surface area contributed by atoms with Gasteiger partial charge in [-0.25, -0.2) is 0 Å². The molecule has 0 atom stereocenters. The minimum atomic E-state index is -0.714. The van der Waals surface area contributed by atoms with Crippen molar-refractivity contribution in [2.75, 3.05) is 32.1 Å². The maximum Gasteiger partial charge on any atom is 0.260 e. The van der Waals surface area contributed by atoms with E-state index >= 15 is 0 Å². The van der Waals surface area contributed by atoms with Gasteiger partial charge < -0.3 is 19.7 Å². The number of benzene rings is 1. The molecule has 0 bridgehead atoms. The van der Waals surface area contributed by atoms with E-state index in [2.05, 4.69) is 5.32 Å². The van der Waals surface area contributed by atoms with Gasteiger partial charge >= 0.3 is 0 Å². The molecule has 3 rings (SSSR count). The summed E-state index contributed by atoms with van der Waals surface area (Å²) in [5.74, 6) is 0.572. The van der Waals surface area contributed by atoms with Gasteiger partial charge in [-0.2, -0.15) is 0 Å². The van der Waals surface area contributed by atoms with E-state index in [1.165, 1.54) is 6.42 Å². The van der Waals surface area contributed by atoms with Gasteiger partial charge in [0, 0.05) is 25.9 Å². The fourth-order valence-corrected chi connectivity index (χ4v) is 3.91. The summed E-state index contributed by atoms with van der Waals surface area (Å²) in [4.78, 5) is 26.7. The number of nitrogens with one attached hydrogen (secondary N) is 1. The first kappa shape index (κ1) is 19.7. The zero-order valence-electron chi connectivity index (χ0n) is 16.2. The number of hydrogen-bond acceptors (Lipinski definition) is 4. The molecule has 1 N–H and O–H groups in total. The second kappa shape index (κ2) is 9.22. The molecule has 0 spiro atoms. The lowest BCUT2D eigenvalue weighted by Gasteiger charge is -2.34. The largest absolute Gasteiger partial charge is 0.484 e. The molecule has 1 aromatic carbocycles. The monoisotopic (exact) mass is 374 g/mol. The summed E-state index contributed by atoms with van der Waals surface area (Å²) in [5, 5.41) is 2.95. The zero-order chi connectivity index (χ0) is 19.1. The van der Waals surface area contributed by atoms with Gasteiger partial charge in [-0.1, -0.05) is 19.3 Å². The Hall–Kier alpha value is -2.08. The molecule has 1 aliphatic carbocycles. The van der Waals surface area contributed by atoms with Crippen LogP contribution in [0.4, 0.5) is 5.69 Å². The molecular weight excluding hydrogens is 344 g/mol. The van der Waals surface area contributed by atoms with Crippen molar-refractivity contribution < 1.29 is 19.1 Å². The summed E-state index contributed by atoms with van der Waals surface area (Å²) in [7, 11) is 1.61. The molecule has 0 unspecified atom stereocenters. The van der Waals surface area contributed by atoms with E-state index in [-0.39, 0.29) is 18.4 Å². The molecule has 27 heavy (non-hydrogen) atoms. The Morgan fingerprint density at radius 3 is 2.26 bits per heavy atom. The van der Waals surface area contributed by atoms with Crippen molar-refractivity contribution in [2.24, 2.45) is 0 Å². The maximum atomic E-state index is 12.7. The lowest BCUT2D eigenvalue weighted by molar-refractivity contribution is -0.141. The Morgan fingerprint density at radius 2 is 1.63 bits per heavy atom. The van der Waals surface area contributed by atoms with E-state index in [1.807, 2.05) is 4.90 Å². The third-order valence-electron chi connectivity index (χ3n) is 5.65. The maximum absolute atomic E-state index is 12.7. The lowest BCUT2D eigenvalue weighted by atomic mass is 9.84. The van der Waals surface area contributed by atoms with Crippen LogP contribution in [0.5, 0.6) is 5.75 Å². The first-order valence-electron chi connectivity index (χ1n) is 10.0. The van der Waals surface area contributed by atoms with Crippen LogP contribution in [0, 0.1) is 0 Å². The van der Waals surface area contributed by atoms with Crippen LogP contribution in [0.1, 0.15) is 51.4 Å². The molecule has 1 heterocycles. The van der Waals surface area contributed by atoms with Gasteiger partial charge in [0.05, 0.1) is 0 Å². The molecular formula is C21H30N2O4. The second-order valence-electron chi connectivity index (χ2n) is 7.47. The van der Waals surface area contributed by atoms with Gasteiger partial charge in [0.2, 0.25) is 0 Å². The first-order chi connectivity index (χ1) is 13.1. The Morgan fingerprint density at radius 1 is 1.00 bits per heavy atom. The minimum absolute atomic E-state index is 0.0337. The van der Waals surface area contributed by atoms with E-state index in [9.17, 15) is 9.59 Å². The van der Waals surface area contributed by atoms with Gasteiger partial charge in [-0.05, 0) is 56.4 Å². The Balaban J connectivity index is 1.50. The third-order valence-corrected chi connectivity index (χ3v) is 5.65. The number of carbonyl (C=O) groups excluding carboxylic acids is 2. The van der Waals surface area contributed by atoms with Crippen molar-refractivity contribution in [3.8, 4) is 5.75 Å². The Labute approximate surface area is 161 Å². The van der Waals surface area contributed by atoms with Gasteiger partial charge in [-0.3, -0.25) is 9.59 Å². The summed E-state index contributed by atoms with van der Waals surface area (Å²) in [6.45, 7) is 1.71. The summed E-state index contributed by atoms with van der Waals surface area (Å²) in [6.07, 6.45) is 8.04. The number of rotatable bonds is 6. The number of likely N-dealkylation sites (tertiary alicyclic amines) is 1. The Bertz CT molecular complexity index is 632. The SMILES string of the molecule is COC1(C(=O)Nc2ccc(OCC(=O)N3CCCCC3)cc2)CCCCC1. The summed E-state index contributed by atoms with van der Waals surface area (Å²) >= 11 is 0. The summed E-state index contributed by atoms with van der Waals surface area (Å²) in [5.41, 5.74) is -0.00872. The number of amides is 2. The van der Waals surface area contributed by atoms with Crippen LogP contribution in [0.25, 0.3) is 0 Å². The van der Waals surface area contributed by atoms with Crippen LogP contribution < -0.4 is 10.1 Å². The van der Waals surface area contributed by atoms with E-state index in [1.54, 1.807) is 31.4 Å². The van der Waals surface area contributed by atoms with Crippen LogP contribution in [0.15, 0.2) is 24.3 Å². The molecule has 1 saturated carbocycles. The minimum Gasteiger partial charge on any atom is -0.484 e. The number of methoxy groups -OCH3 is 1. The molecule has 1 aliphatic heterocycles. The van der Waals surface area contributed by atoms with Crippen LogP contribution in [-0.2, 0) is 14.3 Å². The number of anilines is 1. The molecule has 148 valence electrons. The highest BCUT2D eigenvalue weighted by Gasteiger charge is 2.39. The van der Waals surface area contributed by atoms with E-state index in [0.717, 1.165) is 58.0 Å². The van der Waals surface area contributed by atoms with E-state index in [0.29, 0.717) is 11.4 Å². The standard InChI is InChI=1S/C21H30N2O4/c1-26-21(12-4-2-5-13-21)20(25)22-17-8-10-18(11-9-17)27-16-19(24)23-14-6-3-7-15-23/h8-11H,2-7,12-16H2,1H3,(H,22,25). The van der Waals surface area contributed by atoms with Crippen molar-refractivity contribution in [3.63, 3.8) is 0 Å². The molecule has 0 aromatic heterocycles. The first-order valence-corrected chi connectivity index (χ1v) is 10.0. The molecule has 2 fully saturated rings. The summed E-state index contributed by atoms with van der Waals surface area (Å²) in [6, 6.07) is 7.15. The lowest BCUT2D eigenvalue weighted by Crippen LogP contribution is -2.46. The zero-order valence-corrected chi connectivity index (χ0v) is 16.2. The average Bonchev–Trinajstić information content (AvgIpc) is 2.74. The van der Waals surface area contributed by atoms with Crippen LogP contribution in [0.3, 0.4) is 0 Å². The van der Waals surface area contributed by atoms with Crippen molar-refractivity contribution >= 4 is 17.5 Å². The fraction of sp³-hybridized carbons (Fsp3) is 0.619. The van der Waals surface area contributed by atoms with Gasteiger partial charge in [-0.15, -0.1) is 0 Å². The quantitative estimate of drug-likeness (QED) is 0.829. The molecule has 2 aliphatic rings. The molecule has 1 saturated heterocycles. The number of carbonyl (C=O) groups is 2. The van der Waals surface area contributed by atoms with Crippen LogP contribution >= 0.6 is 0 Å². The molecule has 6 nitrogen and oxygen atoms in total. The van der Waals surface area contributed by atoms with E-state index < -0.39 is 5.60 Å². The van der Waals surface area contributed by atoms with Crippen molar-refractivity contribution in [3.05, 3.63) is 24.3 Å². The second-order valence-corrected chi connectivity index (χ2v) is 7.47. The highest BCUT2D eigenvalue weighted by molar-refractivity contribution is 5.97. The highest BCUT2D eigenvalue weighted by atomic mass is 16.5. The molecule has 2 amide bonds. The average molecular weight is 374 g/mol. The Kier molecular flexibility index (Phi) is 6.72. The van der Waals surface area contributed by atoms with Gasteiger partial charge in [0.15, 0.2) is 6.61 Å². The molecule has 0 radical (unpaired) electrons. The van der Waals surface area contributed by atoms with Gasteiger partial charge in [0.25, 0.3) is 11.8 Å². The predicted octanol–water partition coefficient (Wildman–Crippen LogP) is 3.37. The van der Waals surface area contributed by atoms with Crippen LogP contribution in [0.2, 0.25) is 0 Å². The van der Waals surface area contributed by atoms with Gasteiger partial charge in [0.1, 0.15) is 11.4 Å². The molecule has 6 heteroatoms. The summed E-state index contributed by atoms with van der Waals surface area (Å²) < 4.78 is 11.2. The van der Waals surface area contributed by atoms with E-state index in [4.69, 9.17) is 9.47 Å². The van der Waals surface area contributed by atoms with Crippen molar-refractivity contribution in [1.82, 2.24) is 4.90 Å². The smallest absolute Gasteiger partial charge is 0.260 e. The number of piperidine rings is 1.